The average Bonchev–Trinajstić information content (AvgIpc) is 2.94. The lowest BCUT2D eigenvalue weighted by atomic mass is 10.1. The van der Waals surface area contributed by atoms with Gasteiger partial charge < -0.3 is 15.2 Å². The molecule has 1 fully saturated rings. The number of ether oxygens (including phenoxy) is 1. The van der Waals surface area contributed by atoms with Gasteiger partial charge in [0.25, 0.3) is 5.91 Å². The number of phenolic OH excluding ortho intramolecular Hbond substituents is 1. The number of amidine groups is 1. The minimum absolute atomic E-state index is 0.109. The predicted octanol–water partition coefficient (Wildman–Crippen LogP) is 3.07. The summed E-state index contributed by atoms with van der Waals surface area (Å²) < 4.78 is 4.65. The maximum absolute atomic E-state index is 12.1. The van der Waals surface area contributed by atoms with E-state index in [4.69, 9.17) is 0 Å². The number of thioether (sulfide) groups is 1. The molecule has 2 N–H and O–H groups in total. The first-order chi connectivity index (χ1) is 12.0. The van der Waals surface area contributed by atoms with E-state index in [-0.39, 0.29) is 11.7 Å². The molecular weight excluding hydrogens is 340 g/mol. The van der Waals surface area contributed by atoms with Crippen LogP contribution in [0.1, 0.15) is 15.9 Å². The third-order valence-electron chi connectivity index (χ3n) is 3.34. The van der Waals surface area contributed by atoms with Crippen LogP contribution in [-0.2, 0) is 9.53 Å². The van der Waals surface area contributed by atoms with E-state index in [0.717, 1.165) is 5.56 Å². The van der Waals surface area contributed by atoms with Gasteiger partial charge in [0.05, 0.1) is 23.3 Å². The quantitative estimate of drug-likeness (QED) is 0.653. The zero-order valence-electron chi connectivity index (χ0n) is 13.2. The molecule has 0 aliphatic carbocycles. The number of hydrogen-bond acceptors (Lipinski definition) is 6. The van der Waals surface area contributed by atoms with Gasteiger partial charge in [0.15, 0.2) is 5.17 Å². The Morgan fingerprint density at radius 3 is 2.68 bits per heavy atom. The lowest BCUT2D eigenvalue weighted by Gasteiger charge is -1.99. The summed E-state index contributed by atoms with van der Waals surface area (Å²) in [6.07, 6.45) is 1.71. The first-order valence-electron chi connectivity index (χ1n) is 7.32. The molecule has 3 rings (SSSR count). The number of amides is 1. The Balaban J connectivity index is 1.78. The van der Waals surface area contributed by atoms with E-state index in [2.05, 4.69) is 15.0 Å². The molecule has 0 atom stereocenters. The van der Waals surface area contributed by atoms with Crippen molar-refractivity contribution in [3.05, 3.63) is 64.6 Å². The van der Waals surface area contributed by atoms with Crippen molar-refractivity contribution in [2.75, 3.05) is 7.11 Å². The summed E-state index contributed by atoms with van der Waals surface area (Å²) in [7, 11) is 1.32. The first kappa shape index (κ1) is 16.8. The molecule has 1 amide bonds. The van der Waals surface area contributed by atoms with Gasteiger partial charge in [0.2, 0.25) is 0 Å². The Labute approximate surface area is 148 Å². The Bertz CT molecular complexity index is 888. The molecule has 2 aromatic carbocycles. The van der Waals surface area contributed by atoms with Crippen LogP contribution in [0.15, 0.2) is 58.4 Å². The molecule has 7 heteroatoms. The van der Waals surface area contributed by atoms with Crippen molar-refractivity contribution >= 4 is 40.6 Å². The van der Waals surface area contributed by atoms with E-state index in [1.165, 1.54) is 24.9 Å². The minimum Gasteiger partial charge on any atom is -0.508 e. The van der Waals surface area contributed by atoms with Gasteiger partial charge in [-0.1, -0.05) is 18.2 Å². The van der Waals surface area contributed by atoms with Crippen molar-refractivity contribution in [2.24, 2.45) is 4.99 Å². The number of nitrogens with zero attached hydrogens (tertiary/aromatic N) is 1. The van der Waals surface area contributed by atoms with Gasteiger partial charge in [-0.3, -0.25) is 4.79 Å². The summed E-state index contributed by atoms with van der Waals surface area (Å²) in [4.78, 5) is 28.3. The topological polar surface area (TPSA) is 88.0 Å². The molecule has 1 aliphatic heterocycles. The Kier molecular flexibility index (Phi) is 4.85. The SMILES string of the molecule is COC(=O)c1ccc(/C=C2\SC(=Nc3cccc(O)c3)NC2=O)cc1. The van der Waals surface area contributed by atoms with Crippen molar-refractivity contribution in [3.63, 3.8) is 0 Å². The molecule has 0 spiro atoms. The van der Waals surface area contributed by atoms with Crippen LogP contribution in [0.25, 0.3) is 6.08 Å². The summed E-state index contributed by atoms with van der Waals surface area (Å²) in [5.74, 6) is -0.550. The first-order valence-corrected chi connectivity index (χ1v) is 8.14. The summed E-state index contributed by atoms with van der Waals surface area (Å²) >= 11 is 1.21. The lowest BCUT2D eigenvalue weighted by molar-refractivity contribution is -0.115. The number of carbonyl (C=O) groups is 2. The standard InChI is InChI=1S/C18H14N2O4S/c1-24-17(23)12-7-5-11(6-8-12)9-15-16(22)20-18(25-15)19-13-3-2-4-14(21)10-13/h2-10,21H,1H3,(H,19,20,22)/b15-9-. The third-order valence-corrected chi connectivity index (χ3v) is 4.25. The number of nitrogens with one attached hydrogen (secondary N) is 1. The number of phenols is 1. The zero-order valence-corrected chi connectivity index (χ0v) is 14.0. The maximum Gasteiger partial charge on any atom is 0.337 e. The highest BCUT2D eigenvalue weighted by Crippen LogP contribution is 2.28. The molecule has 0 aromatic heterocycles. The lowest BCUT2D eigenvalue weighted by Crippen LogP contribution is -2.19. The number of esters is 1. The van der Waals surface area contributed by atoms with Crippen LogP contribution in [0.2, 0.25) is 0 Å². The molecule has 6 nitrogen and oxygen atoms in total. The smallest absolute Gasteiger partial charge is 0.337 e. The second-order valence-corrected chi connectivity index (χ2v) is 6.15. The Morgan fingerprint density at radius 1 is 1.24 bits per heavy atom. The van der Waals surface area contributed by atoms with E-state index in [1.54, 1.807) is 48.5 Å². The van der Waals surface area contributed by atoms with Crippen molar-refractivity contribution in [1.82, 2.24) is 5.32 Å². The number of hydrogen-bond donors (Lipinski definition) is 2. The van der Waals surface area contributed by atoms with Crippen molar-refractivity contribution in [3.8, 4) is 5.75 Å². The van der Waals surface area contributed by atoms with E-state index in [0.29, 0.717) is 21.3 Å². The van der Waals surface area contributed by atoms with Gasteiger partial charge >= 0.3 is 5.97 Å². The predicted molar refractivity (Wildman–Crippen MR) is 96.7 cm³/mol. The normalized spacial score (nSPS) is 16.9. The number of benzene rings is 2. The fraction of sp³-hybridized carbons (Fsp3) is 0.0556. The van der Waals surface area contributed by atoms with Crippen LogP contribution in [0.5, 0.6) is 5.75 Å². The minimum atomic E-state index is -0.410. The highest BCUT2D eigenvalue weighted by Gasteiger charge is 2.23. The molecule has 25 heavy (non-hydrogen) atoms. The van der Waals surface area contributed by atoms with Gasteiger partial charge in [0, 0.05) is 6.07 Å². The van der Waals surface area contributed by atoms with Crippen molar-refractivity contribution in [2.45, 2.75) is 0 Å². The van der Waals surface area contributed by atoms with Gasteiger partial charge in [0.1, 0.15) is 5.75 Å². The monoisotopic (exact) mass is 354 g/mol. The highest BCUT2D eigenvalue weighted by atomic mass is 32.2. The summed E-state index contributed by atoms with van der Waals surface area (Å²) in [5.41, 5.74) is 1.77. The largest absolute Gasteiger partial charge is 0.508 e. The molecule has 2 aromatic rings. The van der Waals surface area contributed by atoms with Crippen molar-refractivity contribution < 1.29 is 19.4 Å². The number of rotatable bonds is 3. The number of aromatic hydroxyl groups is 1. The molecule has 0 bridgehead atoms. The van der Waals surface area contributed by atoms with Gasteiger partial charge in [-0.05, 0) is 47.7 Å². The second kappa shape index (κ2) is 7.23. The van der Waals surface area contributed by atoms with E-state index < -0.39 is 5.97 Å². The molecular formula is C18H14N2O4S. The van der Waals surface area contributed by atoms with Crippen LogP contribution in [-0.4, -0.2) is 29.3 Å². The summed E-state index contributed by atoms with van der Waals surface area (Å²) in [5, 5.41) is 12.6. The number of methoxy groups -OCH3 is 1. The molecule has 0 radical (unpaired) electrons. The van der Waals surface area contributed by atoms with E-state index >= 15 is 0 Å². The van der Waals surface area contributed by atoms with E-state index in [9.17, 15) is 14.7 Å². The average molecular weight is 354 g/mol. The molecule has 0 saturated carbocycles. The summed E-state index contributed by atoms with van der Waals surface area (Å²) in [6.45, 7) is 0. The Morgan fingerprint density at radius 2 is 2.00 bits per heavy atom. The van der Waals surface area contributed by atoms with Crippen LogP contribution >= 0.6 is 11.8 Å². The van der Waals surface area contributed by atoms with Gasteiger partial charge in [-0.2, -0.15) is 0 Å². The Hall–Kier alpha value is -3.06. The number of aliphatic imine (C=N–C) groups is 1. The van der Waals surface area contributed by atoms with Gasteiger partial charge in [-0.25, -0.2) is 9.79 Å². The number of carbonyl (C=O) groups excluding carboxylic acids is 2. The van der Waals surface area contributed by atoms with Crippen LogP contribution < -0.4 is 5.32 Å². The van der Waals surface area contributed by atoms with Crippen LogP contribution in [0, 0.1) is 0 Å². The van der Waals surface area contributed by atoms with Gasteiger partial charge in [-0.15, -0.1) is 0 Å². The van der Waals surface area contributed by atoms with E-state index in [1.807, 2.05) is 0 Å². The highest BCUT2D eigenvalue weighted by molar-refractivity contribution is 8.18. The molecule has 126 valence electrons. The third kappa shape index (κ3) is 4.07. The van der Waals surface area contributed by atoms with Crippen LogP contribution in [0.3, 0.4) is 0 Å². The molecule has 1 aliphatic rings. The molecule has 1 saturated heterocycles. The fourth-order valence-electron chi connectivity index (χ4n) is 2.15. The molecule has 0 unspecified atom stereocenters. The molecule has 1 heterocycles. The maximum atomic E-state index is 12.1. The van der Waals surface area contributed by atoms with Crippen LogP contribution in [0.4, 0.5) is 5.69 Å². The summed E-state index contributed by atoms with van der Waals surface area (Å²) in [6, 6.07) is 13.2. The fourth-order valence-corrected chi connectivity index (χ4v) is 2.99. The van der Waals surface area contributed by atoms with Crippen molar-refractivity contribution in [1.29, 1.82) is 0 Å². The second-order valence-electron chi connectivity index (χ2n) is 5.12. The zero-order chi connectivity index (χ0) is 17.8.